The van der Waals surface area contributed by atoms with Crippen LogP contribution in [0.3, 0.4) is 0 Å². The molecular formula is C34H40N2O4. The first-order valence-corrected chi connectivity index (χ1v) is 13.9. The van der Waals surface area contributed by atoms with E-state index in [1.54, 1.807) is 14.2 Å². The smallest absolute Gasteiger partial charge is 0.128 e. The van der Waals surface area contributed by atoms with Crippen molar-refractivity contribution in [1.29, 1.82) is 0 Å². The van der Waals surface area contributed by atoms with Crippen LogP contribution in [0.15, 0.2) is 84.9 Å². The van der Waals surface area contributed by atoms with Gasteiger partial charge in [0, 0.05) is 59.1 Å². The summed E-state index contributed by atoms with van der Waals surface area (Å²) in [4.78, 5) is 0. The molecular weight excluding hydrogens is 500 g/mol. The third kappa shape index (κ3) is 6.95. The van der Waals surface area contributed by atoms with Crippen LogP contribution in [0.5, 0.6) is 23.0 Å². The Labute approximate surface area is 237 Å². The average molecular weight is 541 g/mol. The van der Waals surface area contributed by atoms with Gasteiger partial charge in [0.25, 0.3) is 0 Å². The fraction of sp³-hybridized carbons (Fsp3) is 0.294. The fourth-order valence-electron chi connectivity index (χ4n) is 5.00. The summed E-state index contributed by atoms with van der Waals surface area (Å²) in [5.74, 6) is 1.98. The molecule has 4 N–H and O–H groups in total. The van der Waals surface area contributed by atoms with Crippen LogP contribution in [0, 0.1) is 0 Å². The van der Waals surface area contributed by atoms with Gasteiger partial charge in [-0.3, -0.25) is 0 Å². The summed E-state index contributed by atoms with van der Waals surface area (Å²) >= 11 is 0. The Morgan fingerprint density at radius 2 is 1.15 bits per heavy atom. The van der Waals surface area contributed by atoms with Gasteiger partial charge in [0.15, 0.2) is 0 Å². The van der Waals surface area contributed by atoms with Crippen LogP contribution in [-0.4, -0.2) is 37.0 Å². The van der Waals surface area contributed by atoms with Crippen LogP contribution in [0.2, 0.25) is 0 Å². The highest BCUT2D eigenvalue weighted by molar-refractivity contribution is 5.77. The molecule has 0 bridgehead atoms. The van der Waals surface area contributed by atoms with Crippen LogP contribution in [-0.2, 0) is 13.1 Å². The first-order chi connectivity index (χ1) is 19.6. The molecule has 4 rings (SSSR count). The minimum absolute atomic E-state index is 0.203. The molecule has 0 aliphatic heterocycles. The molecule has 0 amide bonds. The zero-order chi connectivity index (χ0) is 28.3. The van der Waals surface area contributed by atoms with E-state index in [9.17, 15) is 10.2 Å². The maximum atomic E-state index is 11.1. The second-order valence-electron chi connectivity index (χ2n) is 9.88. The molecule has 6 nitrogen and oxygen atoms in total. The standard InChI is InChI=1S/C34H40N2O4/c1-4-5-14-26(36-22-25-13-11-18-30(34(25)38)28-16-7-9-20-32(28)40-3)23-35-21-24-12-10-17-29(33(24)37)27-15-6-8-19-31(27)39-2/h6-13,15-20,26,35-38H,4-5,14,21-23H2,1-3H3/t26-/m1/s1. The number of hydrogen-bond acceptors (Lipinski definition) is 6. The molecule has 4 aromatic carbocycles. The lowest BCUT2D eigenvalue weighted by atomic mass is 10.00. The van der Waals surface area contributed by atoms with Gasteiger partial charge < -0.3 is 30.3 Å². The van der Waals surface area contributed by atoms with Gasteiger partial charge in [-0.2, -0.15) is 0 Å². The number of nitrogens with one attached hydrogen (secondary N) is 2. The van der Waals surface area contributed by atoms with E-state index in [1.165, 1.54) is 0 Å². The van der Waals surface area contributed by atoms with Crippen molar-refractivity contribution in [2.45, 2.75) is 45.3 Å². The second-order valence-corrected chi connectivity index (χ2v) is 9.88. The normalized spacial score (nSPS) is 11.8. The van der Waals surface area contributed by atoms with E-state index >= 15 is 0 Å². The first kappa shape index (κ1) is 29.0. The highest BCUT2D eigenvalue weighted by Crippen LogP contribution is 2.38. The van der Waals surface area contributed by atoms with Crippen molar-refractivity contribution in [1.82, 2.24) is 10.6 Å². The summed E-state index contributed by atoms with van der Waals surface area (Å²) in [7, 11) is 3.28. The molecule has 0 heterocycles. The molecule has 0 radical (unpaired) electrons. The van der Waals surface area contributed by atoms with Gasteiger partial charge in [-0.15, -0.1) is 0 Å². The van der Waals surface area contributed by atoms with E-state index in [-0.39, 0.29) is 17.5 Å². The minimum Gasteiger partial charge on any atom is -0.507 e. The van der Waals surface area contributed by atoms with Crippen molar-refractivity contribution in [3.63, 3.8) is 0 Å². The van der Waals surface area contributed by atoms with Crippen LogP contribution < -0.4 is 20.1 Å². The van der Waals surface area contributed by atoms with Gasteiger partial charge in [-0.25, -0.2) is 0 Å². The summed E-state index contributed by atoms with van der Waals surface area (Å²) in [5, 5.41) is 29.3. The van der Waals surface area contributed by atoms with Crippen LogP contribution >= 0.6 is 0 Å². The number of para-hydroxylation sites is 4. The molecule has 0 aromatic heterocycles. The van der Waals surface area contributed by atoms with E-state index in [0.29, 0.717) is 13.1 Å². The highest BCUT2D eigenvalue weighted by atomic mass is 16.5. The van der Waals surface area contributed by atoms with Gasteiger partial charge in [0.1, 0.15) is 23.0 Å². The number of methoxy groups -OCH3 is 2. The van der Waals surface area contributed by atoms with Gasteiger partial charge in [0.2, 0.25) is 0 Å². The number of phenolic OH excluding ortho intramolecular Hbond substituents is 2. The number of rotatable bonds is 14. The molecule has 40 heavy (non-hydrogen) atoms. The minimum atomic E-state index is 0.203. The Kier molecular flexibility index (Phi) is 10.4. The Hall–Kier alpha value is -4.00. The largest absolute Gasteiger partial charge is 0.507 e. The van der Waals surface area contributed by atoms with E-state index in [1.807, 2.05) is 84.9 Å². The number of hydrogen-bond donors (Lipinski definition) is 4. The number of unbranched alkanes of at least 4 members (excludes halogenated alkanes) is 1. The molecule has 0 fully saturated rings. The average Bonchev–Trinajstić information content (AvgIpc) is 2.99. The van der Waals surface area contributed by atoms with Gasteiger partial charge in [-0.05, 0) is 18.6 Å². The topological polar surface area (TPSA) is 83.0 Å². The van der Waals surface area contributed by atoms with Crippen molar-refractivity contribution in [2.75, 3.05) is 20.8 Å². The lowest BCUT2D eigenvalue weighted by Gasteiger charge is -2.21. The summed E-state index contributed by atoms with van der Waals surface area (Å²) in [5.41, 5.74) is 4.91. The summed E-state index contributed by atoms with van der Waals surface area (Å²) in [6.45, 7) is 3.99. The Balaban J connectivity index is 1.43. The number of aromatic hydroxyl groups is 2. The Morgan fingerprint density at radius 1 is 0.650 bits per heavy atom. The van der Waals surface area contributed by atoms with E-state index < -0.39 is 0 Å². The molecule has 1 atom stereocenters. The maximum Gasteiger partial charge on any atom is 0.128 e. The monoisotopic (exact) mass is 540 g/mol. The van der Waals surface area contributed by atoms with Crippen molar-refractivity contribution < 1.29 is 19.7 Å². The van der Waals surface area contributed by atoms with Crippen molar-refractivity contribution in [2.24, 2.45) is 0 Å². The van der Waals surface area contributed by atoms with E-state index in [4.69, 9.17) is 9.47 Å². The Bertz CT molecular complexity index is 1390. The number of benzene rings is 4. The zero-order valence-electron chi connectivity index (χ0n) is 23.6. The molecule has 0 aliphatic carbocycles. The van der Waals surface area contributed by atoms with E-state index in [2.05, 4.69) is 17.6 Å². The maximum absolute atomic E-state index is 11.1. The molecule has 4 aromatic rings. The fourth-order valence-corrected chi connectivity index (χ4v) is 5.00. The van der Waals surface area contributed by atoms with Gasteiger partial charge >= 0.3 is 0 Å². The summed E-state index contributed by atoms with van der Waals surface area (Å²) in [6.07, 6.45) is 3.21. The quantitative estimate of drug-likeness (QED) is 0.139. The van der Waals surface area contributed by atoms with E-state index in [0.717, 1.165) is 70.7 Å². The second kappa shape index (κ2) is 14.4. The van der Waals surface area contributed by atoms with Crippen LogP contribution in [0.4, 0.5) is 0 Å². The van der Waals surface area contributed by atoms with Gasteiger partial charge in [-0.1, -0.05) is 92.6 Å². The molecule has 0 aliphatic rings. The summed E-state index contributed by atoms with van der Waals surface area (Å²) in [6, 6.07) is 27.3. The third-order valence-electron chi connectivity index (χ3n) is 7.23. The van der Waals surface area contributed by atoms with Crippen molar-refractivity contribution in [3.8, 4) is 45.3 Å². The molecule has 0 saturated carbocycles. The third-order valence-corrected chi connectivity index (χ3v) is 7.23. The zero-order valence-corrected chi connectivity index (χ0v) is 23.6. The van der Waals surface area contributed by atoms with Crippen molar-refractivity contribution >= 4 is 0 Å². The molecule has 0 spiro atoms. The molecule has 210 valence electrons. The SMILES string of the molecule is CCCC[C@H](CNCc1cccc(-c2ccccc2OC)c1O)NCc1cccc(-c2ccccc2OC)c1O. The Morgan fingerprint density at radius 3 is 1.68 bits per heavy atom. The van der Waals surface area contributed by atoms with Crippen LogP contribution in [0.25, 0.3) is 22.3 Å². The lowest BCUT2D eigenvalue weighted by Crippen LogP contribution is -2.38. The van der Waals surface area contributed by atoms with Gasteiger partial charge in [0.05, 0.1) is 14.2 Å². The lowest BCUT2D eigenvalue weighted by molar-refractivity contribution is 0.413. The van der Waals surface area contributed by atoms with Crippen LogP contribution in [0.1, 0.15) is 37.3 Å². The molecule has 0 unspecified atom stereocenters. The molecule has 6 heteroatoms. The number of ether oxygens (including phenoxy) is 2. The predicted molar refractivity (Wildman–Crippen MR) is 162 cm³/mol. The number of phenols is 2. The molecule has 0 saturated heterocycles. The highest BCUT2D eigenvalue weighted by Gasteiger charge is 2.16. The first-order valence-electron chi connectivity index (χ1n) is 13.9. The predicted octanol–water partition coefficient (Wildman–Crippen LogP) is 6.89. The van der Waals surface area contributed by atoms with Crippen molar-refractivity contribution in [3.05, 3.63) is 96.1 Å². The summed E-state index contributed by atoms with van der Waals surface area (Å²) < 4.78 is 11.0.